The summed E-state index contributed by atoms with van der Waals surface area (Å²) in [7, 11) is -1.26. The Hall–Kier alpha value is -2.80. The third-order valence-electron chi connectivity index (χ3n) is 3.27. The molecule has 0 fully saturated rings. The summed E-state index contributed by atoms with van der Waals surface area (Å²) in [4.78, 5) is 11.5. The van der Waals surface area contributed by atoms with Crippen LogP contribution in [0, 0.1) is 0 Å². The zero-order chi connectivity index (χ0) is 20.2. The molecule has 13 heteroatoms. The van der Waals surface area contributed by atoms with Crippen molar-refractivity contribution in [2.24, 2.45) is 0 Å². The third-order valence-corrected chi connectivity index (χ3v) is 4.23. The number of aliphatic hydroxyl groups excluding tert-OH is 1. The van der Waals surface area contributed by atoms with E-state index in [1.54, 1.807) is 4.72 Å². The Kier molecular flexibility index (Phi) is 6.28. The van der Waals surface area contributed by atoms with Gasteiger partial charge in [-0.05, 0) is 6.07 Å². The zero-order valence-electron chi connectivity index (χ0n) is 14.4. The van der Waals surface area contributed by atoms with Gasteiger partial charge in [0.15, 0.2) is 5.82 Å². The van der Waals surface area contributed by atoms with Crippen LogP contribution in [-0.4, -0.2) is 55.6 Å². The summed E-state index contributed by atoms with van der Waals surface area (Å²) in [6.07, 6.45) is -1.64. The van der Waals surface area contributed by atoms with E-state index in [2.05, 4.69) is 15.0 Å². The van der Waals surface area contributed by atoms with Gasteiger partial charge < -0.3 is 19.3 Å². The number of nitrogens with one attached hydrogen (secondary N) is 1. The van der Waals surface area contributed by atoms with Crippen molar-refractivity contribution in [3.63, 3.8) is 0 Å². The standard InChI is InChI=1S/C14H16F2N4O6S/c1-24-8-6-4-5-7(9(8)20-27(22,23)12(15)16)10(21)11-17-13(25-2)19-14(18-11)26-3/h4-6,10,12,20-21H,1-3H3. The zero-order valence-corrected chi connectivity index (χ0v) is 15.2. The number of aliphatic hydroxyl groups is 1. The lowest BCUT2D eigenvalue weighted by molar-refractivity contribution is 0.204. The molecule has 0 saturated carbocycles. The summed E-state index contributed by atoms with van der Waals surface area (Å²) in [6, 6.07) is 3.70. The highest BCUT2D eigenvalue weighted by atomic mass is 32.2. The lowest BCUT2D eigenvalue weighted by atomic mass is 10.1. The van der Waals surface area contributed by atoms with E-state index in [1.807, 2.05) is 0 Å². The van der Waals surface area contributed by atoms with Crippen molar-refractivity contribution >= 4 is 15.7 Å². The average molecular weight is 406 g/mol. The minimum absolute atomic E-state index is 0.0937. The van der Waals surface area contributed by atoms with E-state index in [9.17, 15) is 22.3 Å². The summed E-state index contributed by atoms with van der Waals surface area (Å²) in [6.45, 7) is 0. The number of para-hydroxylation sites is 1. The molecule has 0 bridgehead atoms. The molecule has 0 spiro atoms. The number of methoxy groups -OCH3 is 3. The lowest BCUT2D eigenvalue weighted by Gasteiger charge is -2.18. The van der Waals surface area contributed by atoms with Gasteiger partial charge in [-0.1, -0.05) is 12.1 Å². The van der Waals surface area contributed by atoms with Crippen LogP contribution in [0.25, 0.3) is 0 Å². The minimum atomic E-state index is -5.02. The molecule has 0 radical (unpaired) electrons. The van der Waals surface area contributed by atoms with Crippen molar-refractivity contribution in [2.75, 3.05) is 26.1 Å². The molecule has 0 aliphatic heterocycles. The van der Waals surface area contributed by atoms with Gasteiger partial charge in [-0.15, -0.1) is 4.98 Å². The van der Waals surface area contributed by atoms with E-state index in [4.69, 9.17) is 14.2 Å². The molecule has 1 unspecified atom stereocenters. The van der Waals surface area contributed by atoms with Gasteiger partial charge in [0, 0.05) is 5.56 Å². The first-order valence-corrected chi connectivity index (χ1v) is 8.76. The highest BCUT2D eigenvalue weighted by Gasteiger charge is 2.29. The molecule has 2 aromatic rings. The number of rotatable bonds is 8. The molecule has 0 aliphatic rings. The second-order valence-electron chi connectivity index (χ2n) is 4.90. The minimum Gasteiger partial charge on any atom is -0.495 e. The number of halogens is 2. The number of hydrogen-bond donors (Lipinski definition) is 2. The van der Waals surface area contributed by atoms with E-state index in [0.29, 0.717) is 0 Å². The monoisotopic (exact) mass is 406 g/mol. The molecular formula is C14H16F2N4O6S. The van der Waals surface area contributed by atoms with Gasteiger partial charge in [0.1, 0.15) is 11.9 Å². The molecule has 0 aliphatic carbocycles. The number of sulfonamides is 1. The van der Waals surface area contributed by atoms with Gasteiger partial charge in [-0.3, -0.25) is 4.72 Å². The van der Waals surface area contributed by atoms with Crippen LogP contribution < -0.4 is 18.9 Å². The van der Waals surface area contributed by atoms with Crippen LogP contribution in [0.2, 0.25) is 0 Å². The van der Waals surface area contributed by atoms with Crippen LogP contribution in [0.3, 0.4) is 0 Å². The van der Waals surface area contributed by atoms with Crippen molar-refractivity contribution in [2.45, 2.75) is 11.9 Å². The molecule has 10 nitrogen and oxygen atoms in total. The molecule has 0 saturated heterocycles. The van der Waals surface area contributed by atoms with Crippen LogP contribution in [0.5, 0.6) is 17.8 Å². The summed E-state index contributed by atoms with van der Waals surface area (Å²) < 4.78 is 65.2. The van der Waals surface area contributed by atoms with Crippen LogP contribution in [-0.2, 0) is 10.0 Å². The molecule has 2 N–H and O–H groups in total. The van der Waals surface area contributed by atoms with Crippen molar-refractivity contribution in [1.82, 2.24) is 15.0 Å². The molecule has 2 rings (SSSR count). The normalized spacial score (nSPS) is 12.6. The number of ether oxygens (including phenoxy) is 3. The smallest absolute Gasteiger partial charge is 0.355 e. The highest BCUT2D eigenvalue weighted by Crippen LogP contribution is 2.36. The van der Waals surface area contributed by atoms with Crippen molar-refractivity contribution in [3.8, 4) is 17.8 Å². The second-order valence-corrected chi connectivity index (χ2v) is 6.55. The first-order chi connectivity index (χ1) is 12.7. The summed E-state index contributed by atoms with van der Waals surface area (Å²) >= 11 is 0. The van der Waals surface area contributed by atoms with Crippen LogP contribution in [0.4, 0.5) is 14.5 Å². The number of benzene rings is 1. The van der Waals surface area contributed by atoms with Gasteiger partial charge >= 0.3 is 17.8 Å². The van der Waals surface area contributed by atoms with Gasteiger partial charge in [0.05, 0.1) is 27.0 Å². The molecule has 1 aromatic carbocycles. The fraction of sp³-hybridized carbons (Fsp3) is 0.357. The molecule has 1 heterocycles. The van der Waals surface area contributed by atoms with Crippen LogP contribution >= 0.6 is 0 Å². The van der Waals surface area contributed by atoms with Crippen LogP contribution in [0.15, 0.2) is 18.2 Å². The van der Waals surface area contributed by atoms with E-state index in [1.165, 1.54) is 39.5 Å². The van der Waals surface area contributed by atoms with E-state index < -0.39 is 21.9 Å². The lowest BCUT2D eigenvalue weighted by Crippen LogP contribution is -2.22. The second kappa shape index (κ2) is 8.26. The predicted molar refractivity (Wildman–Crippen MR) is 88.5 cm³/mol. The maximum absolute atomic E-state index is 12.8. The van der Waals surface area contributed by atoms with Crippen molar-refractivity contribution < 1.29 is 36.5 Å². The van der Waals surface area contributed by atoms with Gasteiger partial charge in [0.2, 0.25) is 0 Å². The Balaban J connectivity index is 2.58. The average Bonchev–Trinajstić information content (AvgIpc) is 2.66. The Morgan fingerprint density at radius 3 is 2.11 bits per heavy atom. The fourth-order valence-corrected chi connectivity index (χ4v) is 2.63. The van der Waals surface area contributed by atoms with Gasteiger partial charge in [-0.2, -0.15) is 18.7 Å². The molecule has 27 heavy (non-hydrogen) atoms. The molecular weight excluding hydrogens is 390 g/mol. The van der Waals surface area contributed by atoms with E-state index in [0.717, 1.165) is 0 Å². The van der Waals surface area contributed by atoms with Crippen molar-refractivity contribution in [1.29, 1.82) is 0 Å². The highest BCUT2D eigenvalue weighted by molar-refractivity contribution is 7.93. The SMILES string of the molecule is COc1nc(OC)nc(C(O)c2cccc(OC)c2NS(=O)(=O)C(F)F)n1. The number of aromatic nitrogens is 3. The fourth-order valence-electron chi connectivity index (χ4n) is 2.04. The number of anilines is 1. The van der Waals surface area contributed by atoms with Crippen molar-refractivity contribution in [3.05, 3.63) is 29.6 Å². The first-order valence-electron chi connectivity index (χ1n) is 7.22. The molecule has 1 aromatic heterocycles. The summed E-state index contributed by atoms with van der Waals surface area (Å²) in [5.74, 6) is -4.04. The maximum atomic E-state index is 12.8. The largest absolute Gasteiger partial charge is 0.495 e. The topological polar surface area (TPSA) is 133 Å². The molecule has 1 atom stereocenters. The van der Waals surface area contributed by atoms with Gasteiger partial charge in [0.25, 0.3) is 10.0 Å². The third kappa shape index (κ3) is 4.49. The van der Waals surface area contributed by atoms with E-state index in [-0.39, 0.29) is 34.8 Å². The first kappa shape index (κ1) is 20.5. The van der Waals surface area contributed by atoms with Crippen LogP contribution in [0.1, 0.15) is 17.5 Å². The summed E-state index contributed by atoms with van der Waals surface area (Å²) in [5, 5.41) is 10.6. The Bertz CT molecular complexity index is 890. The molecule has 0 amide bonds. The molecule has 148 valence electrons. The number of alkyl halides is 2. The van der Waals surface area contributed by atoms with E-state index >= 15 is 0 Å². The predicted octanol–water partition coefficient (Wildman–Crippen LogP) is 0.943. The Labute approximate surface area is 153 Å². The van der Waals surface area contributed by atoms with Gasteiger partial charge in [-0.25, -0.2) is 8.42 Å². The Morgan fingerprint density at radius 1 is 1.04 bits per heavy atom. The summed E-state index contributed by atoms with van der Waals surface area (Å²) in [5.41, 5.74) is -0.514. The maximum Gasteiger partial charge on any atom is 0.355 e. The Morgan fingerprint density at radius 2 is 1.63 bits per heavy atom. The number of nitrogens with zero attached hydrogens (tertiary/aromatic N) is 3. The quantitative estimate of drug-likeness (QED) is 0.657. The number of hydrogen-bond acceptors (Lipinski definition) is 9.